The molecule has 0 bridgehead atoms. The van der Waals surface area contributed by atoms with E-state index in [2.05, 4.69) is 57.5 Å². The second-order valence-electron chi connectivity index (χ2n) is 5.21. The molecule has 0 spiro atoms. The molecular weight excluding hydrogens is 348 g/mol. The molecule has 1 unspecified atom stereocenters. The van der Waals surface area contributed by atoms with Crippen molar-refractivity contribution in [1.29, 1.82) is 0 Å². The van der Waals surface area contributed by atoms with E-state index in [-0.39, 0.29) is 0 Å². The van der Waals surface area contributed by atoms with Crippen LogP contribution in [0.25, 0.3) is 0 Å². The number of nitrogens with zero attached hydrogens (tertiary/aromatic N) is 3. The molecule has 2 heterocycles. The number of aryl methyl sites for hydroxylation is 3. The molecule has 1 atom stereocenters. The molecule has 0 saturated carbocycles. The summed E-state index contributed by atoms with van der Waals surface area (Å²) in [5.41, 5.74) is 3.56. The van der Waals surface area contributed by atoms with Crippen molar-refractivity contribution in [2.24, 2.45) is 7.05 Å². The number of thiazole rings is 1. The van der Waals surface area contributed by atoms with Gasteiger partial charge in [0.25, 0.3) is 0 Å². The Labute approximate surface area is 139 Å². The predicted octanol–water partition coefficient (Wildman–Crippen LogP) is 3.27. The van der Waals surface area contributed by atoms with Gasteiger partial charge in [-0.1, -0.05) is 13.8 Å². The Bertz CT molecular complexity index is 591. The number of nitrogens with one attached hydrogen (secondary N) is 1. The van der Waals surface area contributed by atoms with Crippen molar-refractivity contribution in [3.63, 3.8) is 0 Å². The normalized spacial score (nSPS) is 12.8. The van der Waals surface area contributed by atoms with Gasteiger partial charge >= 0.3 is 0 Å². The number of hydrogen-bond donors (Lipinski definition) is 1. The maximum absolute atomic E-state index is 4.58. The summed E-state index contributed by atoms with van der Waals surface area (Å²) in [4.78, 5) is 4.58. The van der Waals surface area contributed by atoms with E-state index < -0.39 is 0 Å². The minimum atomic E-state index is 0.382. The molecule has 0 amide bonds. The fourth-order valence-corrected chi connectivity index (χ4v) is 3.94. The van der Waals surface area contributed by atoms with Crippen LogP contribution in [0.1, 0.15) is 35.9 Å². The summed E-state index contributed by atoms with van der Waals surface area (Å²) in [7, 11) is 2.02. The Kier molecular flexibility index (Phi) is 5.96. The molecule has 2 rings (SSSR count). The largest absolute Gasteiger partial charge is 0.313 e. The number of rotatable bonds is 7. The first kappa shape index (κ1) is 16.6. The lowest BCUT2D eigenvalue weighted by atomic mass is 10.1. The molecule has 0 saturated heterocycles. The molecule has 2 aromatic heterocycles. The van der Waals surface area contributed by atoms with Crippen LogP contribution < -0.4 is 5.32 Å². The second-order valence-corrected chi connectivity index (χ2v) is 7.06. The summed E-state index contributed by atoms with van der Waals surface area (Å²) < 4.78 is 3.16. The first-order chi connectivity index (χ1) is 10.0. The lowest BCUT2D eigenvalue weighted by Crippen LogP contribution is -2.34. The third kappa shape index (κ3) is 4.14. The fraction of sp³-hybridized carbons (Fsp3) is 0.600. The van der Waals surface area contributed by atoms with Gasteiger partial charge in [0.1, 0.15) is 0 Å². The molecule has 4 nitrogen and oxygen atoms in total. The van der Waals surface area contributed by atoms with Gasteiger partial charge < -0.3 is 5.32 Å². The van der Waals surface area contributed by atoms with Crippen LogP contribution in [0.2, 0.25) is 0 Å². The highest BCUT2D eigenvalue weighted by molar-refractivity contribution is 9.10. The average Bonchev–Trinajstić information content (AvgIpc) is 2.97. The summed E-state index contributed by atoms with van der Waals surface area (Å²) in [6, 6.07) is 0.382. The van der Waals surface area contributed by atoms with Crippen molar-refractivity contribution in [2.45, 2.75) is 46.1 Å². The van der Waals surface area contributed by atoms with Crippen LogP contribution in [-0.4, -0.2) is 27.4 Å². The molecule has 116 valence electrons. The first-order valence-electron chi connectivity index (χ1n) is 7.39. The number of likely N-dealkylation sites (N-methyl/N-ethyl adjacent to an activating group) is 1. The lowest BCUT2D eigenvalue weighted by molar-refractivity contribution is 0.500. The minimum absolute atomic E-state index is 0.382. The molecule has 0 fully saturated rings. The van der Waals surface area contributed by atoms with E-state index in [1.54, 1.807) is 11.3 Å². The lowest BCUT2D eigenvalue weighted by Gasteiger charge is -2.17. The van der Waals surface area contributed by atoms with E-state index in [1.807, 2.05) is 11.7 Å². The summed E-state index contributed by atoms with van der Waals surface area (Å²) in [5, 5.41) is 11.5. The van der Waals surface area contributed by atoms with Gasteiger partial charge in [-0.3, -0.25) is 4.68 Å². The van der Waals surface area contributed by atoms with E-state index in [9.17, 15) is 0 Å². The zero-order valence-corrected chi connectivity index (χ0v) is 15.5. The molecule has 2 aromatic rings. The minimum Gasteiger partial charge on any atom is -0.313 e. The zero-order valence-electron chi connectivity index (χ0n) is 13.1. The topological polar surface area (TPSA) is 42.7 Å². The zero-order chi connectivity index (χ0) is 15.4. The average molecular weight is 371 g/mol. The van der Waals surface area contributed by atoms with Gasteiger partial charge in [0, 0.05) is 31.3 Å². The van der Waals surface area contributed by atoms with Crippen LogP contribution in [0.5, 0.6) is 0 Å². The monoisotopic (exact) mass is 370 g/mol. The Morgan fingerprint density at radius 3 is 2.67 bits per heavy atom. The van der Waals surface area contributed by atoms with Gasteiger partial charge in [-0.25, -0.2) is 4.98 Å². The molecule has 0 aliphatic rings. The highest BCUT2D eigenvalue weighted by atomic mass is 79.9. The third-order valence-electron chi connectivity index (χ3n) is 3.56. The van der Waals surface area contributed by atoms with E-state index in [0.29, 0.717) is 6.04 Å². The van der Waals surface area contributed by atoms with Crippen molar-refractivity contribution < 1.29 is 0 Å². The molecule has 0 aliphatic carbocycles. The first-order valence-corrected chi connectivity index (χ1v) is 9.07. The fourth-order valence-electron chi connectivity index (χ4n) is 2.53. The van der Waals surface area contributed by atoms with E-state index >= 15 is 0 Å². The van der Waals surface area contributed by atoms with Gasteiger partial charge in [0.15, 0.2) is 0 Å². The van der Waals surface area contributed by atoms with Crippen LogP contribution in [0.15, 0.2) is 9.85 Å². The Morgan fingerprint density at radius 1 is 1.38 bits per heavy atom. The van der Waals surface area contributed by atoms with Gasteiger partial charge in [0.05, 0.1) is 26.6 Å². The summed E-state index contributed by atoms with van der Waals surface area (Å²) >= 11 is 5.43. The van der Waals surface area contributed by atoms with Crippen molar-refractivity contribution in [2.75, 3.05) is 6.54 Å². The number of halogens is 1. The highest BCUT2D eigenvalue weighted by Crippen LogP contribution is 2.23. The summed E-state index contributed by atoms with van der Waals surface area (Å²) in [5.74, 6) is 0. The van der Waals surface area contributed by atoms with Crippen LogP contribution in [-0.2, 0) is 26.3 Å². The van der Waals surface area contributed by atoms with E-state index in [4.69, 9.17) is 0 Å². The Hall–Kier alpha value is -0.720. The third-order valence-corrected chi connectivity index (χ3v) is 5.30. The van der Waals surface area contributed by atoms with Gasteiger partial charge in [-0.05, 0) is 35.8 Å². The van der Waals surface area contributed by atoms with Crippen LogP contribution in [0.4, 0.5) is 0 Å². The molecule has 0 aromatic carbocycles. The number of aromatic nitrogens is 3. The van der Waals surface area contributed by atoms with Crippen molar-refractivity contribution in [3.05, 3.63) is 31.9 Å². The maximum atomic E-state index is 4.58. The highest BCUT2D eigenvalue weighted by Gasteiger charge is 2.18. The summed E-state index contributed by atoms with van der Waals surface area (Å²) in [6.45, 7) is 7.30. The second kappa shape index (κ2) is 7.51. The number of hydrogen-bond acceptors (Lipinski definition) is 4. The molecule has 0 aliphatic heterocycles. The van der Waals surface area contributed by atoms with Crippen molar-refractivity contribution in [1.82, 2.24) is 20.1 Å². The van der Waals surface area contributed by atoms with Crippen LogP contribution in [0.3, 0.4) is 0 Å². The van der Waals surface area contributed by atoms with Gasteiger partial charge in [0.2, 0.25) is 0 Å². The SMILES string of the molecule is CCNC(Cc1csc(C)n1)Cc1c(Br)c(CC)nn1C. The Balaban J connectivity index is 2.14. The van der Waals surface area contributed by atoms with E-state index in [1.165, 1.54) is 11.4 Å². The van der Waals surface area contributed by atoms with E-state index in [0.717, 1.165) is 41.0 Å². The van der Waals surface area contributed by atoms with Gasteiger partial charge in [-0.15, -0.1) is 11.3 Å². The predicted molar refractivity (Wildman–Crippen MR) is 92.0 cm³/mol. The molecule has 0 radical (unpaired) electrons. The maximum Gasteiger partial charge on any atom is 0.0897 e. The van der Waals surface area contributed by atoms with Crippen molar-refractivity contribution >= 4 is 27.3 Å². The standard InChI is InChI=1S/C15H23BrN4S/c1-5-13-15(16)14(20(4)19-13)8-11(17-6-2)7-12-9-21-10(3)18-12/h9,11,17H,5-8H2,1-4H3. The molecule has 1 N–H and O–H groups in total. The summed E-state index contributed by atoms with van der Waals surface area (Å²) in [6.07, 6.45) is 2.86. The van der Waals surface area contributed by atoms with Crippen molar-refractivity contribution in [3.8, 4) is 0 Å². The molecule has 21 heavy (non-hydrogen) atoms. The van der Waals surface area contributed by atoms with Crippen LogP contribution in [0, 0.1) is 6.92 Å². The van der Waals surface area contributed by atoms with Gasteiger partial charge in [-0.2, -0.15) is 5.10 Å². The molecular formula is C15H23BrN4S. The smallest absolute Gasteiger partial charge is 0.0897 e. The van der Waals surface area contributed by atoms with Crippen LogP contribution >= 0.6 is 27.3 Å². The Morgan fingerprint density at radius 2 is 2.14 bits per heavy atom. The quantitative estimate of drug-likeness (QED) is 0.812. The molecule has 6 heteroatoms.